The van der Waals surface area contributed by atoms with Crippen LogP contribution in [0.5, 0.6) is 0 Å². The van der Waals surface area contributed by atoms with Gasteiger partial charge in [0.1, 0.15) is 11.7 Å². The maximum Gasteiger partial charge on any atom is 0.326 e. The highest BCUT2D eigenvalue weighted by atomic mass is 79.9. The molecule has 0 unspecified atom stereocenters. The van der Waals surface area contributed by atoms with Crippen LogP contribution in [0.3, 0.4) is 0 Å². The summed E-state index contributed by atoms with van der Waals surface area (Å²) in [5.41, 5.74) is 1.69. The first kappa shape index (κ1) is 17.1. The summed E-state index contributed by atoms with van der Waals surface area (Å²) in [5, 5.41) is 12.9. The Labute approximate surface area is 152 Å². The number of carbonyl (C=O) groups excluding carboxylic acids is 1. The van der Waals surface area contributed by atoms with E-state index in [1.54, 1.807) is 12.1 Å². The minimum atomic E-state index is -1.09. The molecule has 2 N–H and O–H groups in total. The maximum absolute atomic E-state index is 12.4. The van der Waals surface area contributed by atoms with E-state index in [2.05, 4.69) is 26.2 Å². The number of carbonyl (C=O) groups is 2. The van der Waals surface area contributed by atoms with E-state index in [1.807, 2.05) is 48.5 Å². The molecule has 0 aliphatic rings. The van der Waals surface area contributed by atoms with Crippen LogP contribution in [-0.2, 0) is 11.2 Å². The third-order valence-corrected chi connectivity index (χ3v) is 4.59. The summed E-state index contributed by atoms with van der Waals surface area (Å²) in [4.78, 5) is 28.3. The monoisotopic (exact) mass is 398 g/mol. The molecular weight excluding hydrogens is 384 g/mol. The fourth-order valence-electron chi connectivity index (χ4n) is 2.51. The number of hydrogen-bond acceptors (Lipinski definition) is 3. The third kappa shape index (κ3) is 4.03. The second-order valence-electron chi connectivity index (χ2n) is 5.55. The van der Waals surface area contributed by atoms with Gasteiger partial charge in [0.15, 0.2) is 0 Å². The van der Waals surface area contributed by atoms with E-state index in [9.17, 15) is 14.7 Å². The van der Waals surface area contributed by atoms with Crippen LogP contribution in [0, 0.1) is 0 Å². The van der Waals surface area contributed by atoms with Crippen molar-refractivity contribution in [3.8, 4) is 0 Å². The van der Waals surface area contributed by atoms with E-state index in [-0.39, 0.29) is 12.1 Å². The van der Waals surface area contributed by atoms with Crippen LogP contribution in [0.1, 0.15) is 16.1 Å². The minimum Gasteiger partial charge on any atom is -0.480 e. The molecule has 1 aromatic heterocycles. The zero-order chi connectivity index (χ0) is 17.8. The number of carboxylic acids is 1. The van der Waals surface area contributed by atoms with Gasteiger partial charge in [-0.15, -0.1) is 0 Å². The van der Waals surface area contributed by atoms with Crippen molar-refractivity contribution >= 4 is 38.7 Å². The van der Waals surface area contributed by atoms with Crippen LogP contribution in [0.25, 0.3) is 10.9 Å². The number of aromatic nitrogens is 1. The van der Waals surface area contributed by atoms with Crippen molar-refractivity contribution in [2.75, 3.05) is 0 Å². The molecule has 0 saturated heterocycles. The Bertz CT molecular complexity index is 943. The van der Waals surface area contributed by atoms with E-state index in [4.69, 9.17) is 0 Å². The summed E-state index contributed by atoms with van der Waals surface area (Å²) in [7, 11) is 0. The smallest absolute Gasteiger partial charge is 0.326 e. The maximum atomic E-state index is 12.4. The highest BCUT2D eigenvalue weighted by Crippen LogP contribution is 2.18. The van der Waals surface area contributed by atoms with Gasteiger partial charge in [-0.05, 0) is 23.8 Å². The van der Waals surface area contributed by atoms with Gasteiger partial charge >= 0.3 is 5.97 Å². The number of amides is 1. The van der Waals surface area contributed by atoms with Gasteiger partial charge in [0.25, 0.3) is 5.91 Å². The molecule has 0 aliphatic heterocycles. The summed E-state index contributed by atoms with van der Waals surface area (Å²) < 4.78 is 0.805. The van der Waals surface area contributed by atoms with Gasteiger partial charge in [-0.2, -0.15) is 0 Å². The number of rotatable bonds is 5. The molecule has 1 heterocycles. The third-order valence-electron chi connectivity index (χ3n) is 3.82. The van der Waals surface area contributed by atoms with Crippen molar-refractivity contribution in [3.05, 3.63) is 76.4 Å². The molecule has 3 aromatic rings. The van der Waals surface area contributed by atoms with Gasteiger partial charge in [0, 0.05) is 16.3 Å². The molecule has 0 saturated carbocycles. The Kier molecular flexibility index (Phi) is 5.09. The number of carboxylic acid groups (broad SMARTS) is 1. The average molecular weight is 399 g/mol. The zero-order valence-corrected chi connectivity index (χ0v) is 14.7. The molecular formula is C19H15BrN2O3. The highest BCUT2D eigenvalue weighted by molar-refractivity contribution is 9.10. The molecule has 0 radical (unpaired) electrons. The van der Waals surface area contributed by atoms with Crippen LogP contribution < -0.4 is 5.32 Å². The topological polar surface area (TPSA) is 79.3 Å². The van der Waals surface area contributed by atoms with Crippen molar-refractivity contribution in [1.82, 2.24) is 10.3 Å². The molecule has 25 heavy (non-hydrogen) atoms. The number of hydrogen-bond donors (Lipinski definition) is 2. The van der Waals surface area contributed by atoms with Gasteiger partial charge in [-0.1, -0.05) is 58.4 Å². The van der Waals surface area contributed by atoms with Crippen LogP contribution in [0.15, 0.2) is 65.1 Å². The van der Waals surface area contributed by atoms with Gasteiger partial charge in [0.05, 0.1) is 5.52 Å². The first-order chi connectivity index (χ1) is 12.0. The number of nitrogens with zero attached hydrogens (tertiary/aromatic N) is 1. The molecule has 0 spiro atoms. The van der Waals surface area contributed by atoms with Crippen molar-refractivity contribution in [1.29, 1.82) is 0 Å². The molecule has 0 bridgehead atoms. The van der Waals surface area contributed by atoms with E-state index < -0.39 is 17.9 Å². The SMILES string of the molecule is O=C(N[C@@H](Cc1ccccc1Br)C(=O)O)c1ccc2ccccc2n1. The Morgan fingerprint density at radius 1 is 1.04 bits per heavy atom. The number of para-hydroxylation sites is 1. The second-order valence-corrected chi connectivity index (χ2v) is 6.40. The zero-order valence-electron chi connectivity index (χ0n) is 13.1. The number of benzene rings is 2. The van der Waals surface area contributed by atoms with E-state index >= 15 is 0 Å². The number of fused-ring (bicyclic) bond motifs is 1. The summed E-state index contributed by atoms with van der Waals surface area (Å²) in [6, 6.07) is 17.1. The predicted octanol–water partition coefficient (Wildman–Crippen LogP) is 3.42. The second kappa shape index (κ2) is 7.44. The van der Waals surface area contributed by atoms with Crippen LogP contribution in [0.2, 0.25) is 0 Å². The standard InChI is InChI=1S/C19H15BrN2O3/c20-14-7-3-1-6-13(14)11-17(19(24)25)22-18(23)16-10-9-12-5-2-4-8-15(12)21-16/h1-10,17H,11H2,(H,22,23)(H,24,25)/t17-/m0/s1. The van der Waals surface area contributed by atoms with Crippen molar-refractivity contribution in [2.24, 2.45) is 0 Å². The highest BCUT2D eigenvalue weighted by Gasteiger charge is 2.22. The summed E-state index contributed by atoms with van der Waals surface area (Å²) in [6.45, 7) is 0. The molecule has 0 fully saturated rings. The van der Waals surface area contributed by atoms with Gasteiger partial charge < -0.3 is 10.4 Å². The lowest BCUT2D eigenvalue weighted by Gasteiger charge is -2.15. The number of pyridine rings is 1. The lowest BCUT2D eigenvalue weighted by Crippen LogP contribution is -2.42. The Morgan fingerprint density at radius 2 is 1.76 bits per heavy atom. The van der Waals surface area contributed by atoms with Gasteiger partial charge in [-0.3, -0.25) is 4.79 Å². The Balaban J connectivity index is 1.80. The van der Waals surface area contributed by atoms with Gasteiger partial charge in [-0.25, -0.2) is 9.78 Å². The molecule has 1 amide bonds. The van der Waals surface area contributed by atoms with Crippen LogP contribution >= 0.6 is 15.9 Å². The summed E-state index contributed by atoms with van der Waals surface area (Å²) in [6.07, 6.45) is 0.177. The van der Waals surface area contributed by atoms with Crippen molar-refractivity contribution < 1.29 is 14.7 Å². The molecule has 0 aliphatic carbocycles. The molecule has 126 valence electrons. The van der Waals surface area contributed by atoms with Gasteiger partial charge in [0.2, 0.25) is 0 Å². The van der Waals surface area contributed by atoms with Crippen molar-refractivity contribution in [2.45, 2.75) is 12.5 Å². The number of aliphatic carboxylic acids is 1. The molecule has 1 atom stereocenters. The van der Waals surface area contributed by atoms with E-state index in [0.29, 0.717) is 5.52 Å². The lowest BCUT2D eigenvalue weighted by molar-refractivity contribution is -0.139. The first-order valence-corrected chi connectivity index (χ1v) is 8.47. The fourth-order valence-corrected chi connectivity index (χ4v) is 2.96. The summed E-state index contributed by atoms with van der Waals surface area (Å²) >= 11 is 3.39. The Morgan fingerprint density at radius 3 is 2.52 bits per heavy atom. The van der Waals surface area contributed by atoms with Crippen LogP contribution in [0.4, 0.5) is 0 Å². The minimum absolute atomic E-state index is 0.177. The average Bonchev–Trinajstić information content (AvgIpc) is 2.62. The normalized spacial score (nSPS) is 11.9. The fraction of sp³-hybridized carbons (Fsp3) is 0.105. The first-order valence-electron chi connectivity index (χ1n) is 7.67. The summed E-state index contributed by atoms with van der Waals surface area (Å²) in [5.74, 6) is -1.60. The number of halogens is 1. The van der Waals surface area contributed by atoms with Crippen molar-refractivity contribution in [3.63, 3.8) is 0 Å². The van der Waals surface area contributed by atoms with E-state index in [0.717, 1.165) is 15.4 Å². The molecule has 2 aromatic carbocycles. The van der Waals surface area contributed by atoms with E-state index in [1.165, 1.54) is 0 Å². The Hall–Kier alpha value is -2.73. The lowest BCUT2D eigenvalue weighted by atomic mass is 10.1. The molecule has 6 heteroatoms. The quantitative estimate of drug-likeness (QED) is 0.689. The molecule has 3 rings (SSSR count). The largest absolute Gasteiger partial charge is 0.480 e. The van der Waals surface area contributed by atoms with Crippen LogP contribution in [-0.4, -0.2) is 28.0 Å². The predicted molar refractivity (Wildman–Crippen MR) is 98.5 cm³/mol. The molecule has 5 nitrogen and oxygen atoms in total. The number of nitrogens with one attached hydrogen (secondary N) is 1.